The maximum absolute atomic E-state index is 6.06. The van der Waals surface area contributed by atoms with E-state index >= 15 is 0 Å². The van der Waals surface area contributed by atoms with Crippen molar-refractivity contribution in [3.05, 3.63) is 35.9 Å². The summed E-state index contributed by atoms with van der Waals surface area (Å²) in [6.07, 6.45) is 4.50. The average molecular weight is 274 g/mol. The minimum atomic E-state index is 0.454. The second kappa shape index (κ2) is 6.25. The van der Waals surface area contributed by atoms with Gasteiger partial charge in [-0.1, -0.05) is 37.3 Å². The van der Waals surface area contributed by atoms with E-state index < -0.39 is 0 Å². The molecule has 0 saturated carbocycles. The van der Waals surface area contributed by atoms with Gasteiger partial charge in [0, 0.05) is 25.7 Å². The Hall–Kier alpha value is -0.900. The van der Waals surface area contributed by atoms with E-state index in [1.54, 1.807) is 0 Å². The van der Waals surface area contributed by atoms with Crippen molar-refractivity contribution in [1.82, 2.24) is 4.90 Å². The Balaban J connectivity index is 1.62. The minimum absolute atomic E-state index is 0.454. The number of benzene rings is 1. The van der Waals surface area contributed by atoms with Crippen LogP contribution < -0.4 is 5.73 Å². The summed E-state index contributed by atoms with van der Waals surface area (Å²) in [6.45, 7) is 5.20. The molecule has 0 aliphatic carbocycles. The second-order valence-corrected chi connectivity index (χ2v) is 6.35. The Labute approximate surface area is 122 Å². The summed E-state index contributed by atoms with van der Waals surface area (Å²) in [7, 11) is 0. The standard InChI is InChI=1S/C17H26N2O/c1-13(14-5-3-2-4-6-14)9-15(10-18)19-11-16-7-8-17(12-19)20-16/h2-6,13,15-17H,7-12,18H2,1H3. The van der Waals surface area contributed by atoms with E-state index in [4.69, 9.17) is 10.5 Å². The van der Waals surface area contributed by atoms with Gasteiger partial charge in [0.25, 0.3) is 0 Å². The van der Waals surface area contributed by atoms with Gasteiger partial charge in [-0.2, -0.15) is 0 Å². The van der Waals surface area contributed by atoms with Gasteiger partial charge in [-0.05, 0) is 30.7 Å². The number of likely N-dealkylation sites (tertiary alicyclic amines) is 1. The molecule has 4 unspecified atom stereocenters. The summed E-state index contributed by atoms with van der Waals surface area (Å²) >= 11 is 0. The molecule has 2 aliphatic rings. The fraction of sp³-hybridized carbons (Fsp3) is 0.647. The van der Waals surface area contributed by atoms with Gasteiger partial charge in [-0.25, -0.2) is 0 Å². The van der Waals surface area contributed by atoms with E-state index in [0.29, 0.717) is 24.2 Å². The quantitative estimate of drug-likeness (QED) is 0.896. The molecule has 3 rings (SSSR count). The summed E-state index contributed by atoms with van der Waals surface area (Å²) in [5.41, 5.74) is 7.48. The number of nitrogens with two attached hydrogens (primary N) is 1. The van der Waals surface area contributed by atoms with Gasteiger partial charge >= 0.3 is 0 Å². The van der Waals surface area contributed by atoms with Crippen molar-refractivity contribution in [3.8, 4) is 0 Å². The summed E-state index contributed by atoms with van der Waals surface area (Å²) in [6, 6.07) is 11.3. The summed E-state index contributed by atoms with van der Waals surface area (Å²) in [4.78, 5) is 2.57. The highest BCUT2D eigenvalue weighted by Gasteiger charge is 2.36. The highest BCUT2D eigenvalue weighted by atomic mass is 16.5. The molecule has 2 heterocycles. The molecule has 2 saturated heterocycles. The summed E-state index contributed by atoms with van der Waals surface area (Å²) in [5, 5.41) is 0. The Morgan fingerprint density at radius 1 is 1.20 bits per heavy atom. The Bertz CT molecular complexity index is 410. The predicted molar refractivity (Wildman–Crippen MR) is 81.8 cm³/mol. The maximum atomic E-state index is 6.06. The molecular weight excluding hydrogens is 248 g/mol. The Morgan fingerprint density at radius 2 is 1.85 bits per heavy atom. The number of fused-ring (bicyclic) bond motifs is 2. The predicted octanol–water partition coefficient (Wildman–Crippen LogP) is 2.37. The average Bonchev–Trinajstić information content (AvgIpc) is 2.83. The highest BCUT2D eigenvalue weighted by Crippen LogP contribution is 2.30. The fourth-order valence-corrected chi connectivity index (χ4v) is 3.66. The normalized spacial score (nSPS) is 29.3. The monoisotopic (exact) mass is 274 g/mol. The van der Waals surface area contributed by atoms with Crippen LogP contribution >= 0.6 is 0 Å². The van der Waals surface area contributed by atoms with Crippen molar-refractivity contribution in [2.75, 3.05) is 19.6 Å². The summed E-state index contributed by atoms with van der Waals surface area (Å²) < 4.78 is 5.93. The van der Waals surface area contributed by atoms with Gasteiger partial charge < -0.3 is 10.5 Å². The first-order chi connectivity index (χ1) is 9.76. The van der Waals surface area contributed by atoms with Crippen LogP contribution in [0.4, 0.5) is 0 Å². The SMILES string of the molecule is CC(CC(CN)N1CC2CCC(C1)O2)c1ccccc1. The molecule has 1 aromatic rings. The van der Waals surface area contributed by atoms with Crippen LogP contribution in [0.1, 0.15) is 37.7 Å². The van der Waals surface area contributed by atoms with Crippen molar-refractivity contribution in [2.45, 2.75) is 50.4 Å². The van der Waals surface area contributed by atoms with Crippen LogP contribution in [-0.4, -0.2) is 42.8 Å². The van der Waals surface area contributed by atoms with E-state index in [1.165, 1.54) is 18.4 Å². The van der Waals surface area contributed by atoms with Gasteiger partial charge in [0.1, 0.15) is 0 Å². The molecule has 3 heteroatoms. The van der Waals surface area contributed by atoms with Gasteiger partial charge in [0.05, 0.1) is 12.2 Å². The van der Waals surface area contributed by atoms with E-state index in [2.05, 4.69) is 42.2 Å². The van der Waals surface area contributed by atoms with Crippen molar-refractivity contribution < 1.29 is 4.74 Å². The molecule has 4 atom stereocenters. The molecule has 0 aromatic heterocycles. The Morgan fingerprint density at radius 3 is 2.45 bits per heavy atom. The first-order valence-electron chi connectivity index (χ1n) is 7.90. The molecule has 2 N–H and O–H groups in total. The third-order valence-corrected chi connectivity index (χ3v) is 4.85. The Kier molecular flexibility index (Phi) is 4.39. The molecular formula is C17H26N2O. The number of hydrogen-bond donors (Lipinski definition) is 1. The highest BCUT2D eigenvalue weighted by molar-refractivity contribution is 5.19. The van der Waals surface area contributed by atoms with Crippen LogP contribution in [0.3, 0.4) is 0 Å². The lowest BCUT2D eigenvalue weighted by Crippen LogP contribution is -2.50. The number of hydrogen-bond acceptors (Lipinski definition) is 3. The largest absolute Gasteiger partial charge is 0.372 e. The minimum Gasteiger partial charge on any atom is -0.372 e. The van der Waals surface area contributed by atoms with Gasteiger partial charge in [0.15, 0.2) is 0 Å². The molecule has 2 fully saturated rings. The zero-order valence-corrected chi connectivity index (χ0v) is 12.4. The van der Waals surface area contributed by atoms with Gasteiger partial charge in [-0.3, -0.25) is 4.90 Å². The molecule has 2 aliphatic heterocycles. The topological polar surface area (TPSA) is 38.5 Å². The van der Waals surface area contributed by atoms with Gasteiger partial charge in [0.2, 0.25) is 0 Å². The number of rotatable bonds is 5. The van der Waals surface area contributed by atoms with E-state index in [-0.39, 0.29) is 0 Å². The van der Waals surface area contributed by atoms with E-state index in [9.17, 15) is 0 Å². The summed E-state index contributed by atoms with van der Waals surface area (Å²) in [5.74, 6) is 0.560. The van der Waals surface area contributed by atoms with Crippen molar-refractivity contribution >= 4 is 0 Å². The lowest BCUT2D eigenvalue weighted by molar-refractivity contribution is -0.0531. The lowest BCUT2D eigenvalue weighted by Gasteiger charge is -2.38. The van der Waals surface area contributed by atoms with Crippen LogP contribution in [0.2, 0.25) is 0 Å². The molecule has 110 valence electrons. The zero-order chi connectivity index (χ0) is 13.9. The molecule has 0 amide bonds. The number of nitrogens with zero attached hydrogens (tertiary/aromatic N) is 1. The molecule has 3 nitrogen and oxygen atoms in total. The van der Waals surface area contributed by atoms with Crippen LogP contribution in [0.25, 0.3) is 0 Å². The lowest BCUT2D eigenvalue weighted by atomic mass is 9.93. The van der Waals surface area contributed by atoms with Crippen molar-refractivity contribution in [1.29, 1.82) is 0 Å². The third-order valence-electron chi connectivity index (χ3n) is 4.85. The first-order valence-corrected chi connectivity index (χ1v) is 7.90. The first kappa shape index (κ1) is 14.1. The van der Waals surface area contributed by atoms with E-state index in [0.717, 1.165) is 26.1 Å². The van der Waals surface area contributed by atoms with Crippen molar-refractivity contribution in [3.63, 3.8) is 0 Å². The molecule has 0 radical (unpaired) electrons. The number of morpholine rings is 1. The molecule has 2 bridgehead atoms. The van der Waals surface area contributed by atoms with Gasteiger partial charge in [-0.15, -0.1) is 0 Å². The van der Waals surface area contributed by atoms with Crippen LogP contribution in [0.5, 0.6) is 0 Å². The third kappa shape index (κ3) is 3.05. The molecule has 1 aromatic carbocycles. The molecule has 0 spiro atoms. The number of ether oxygens (including phenoxy) is 1. The fourth-order valence-electron chi connectivity index (χ4n) is 3.66. The zero-order valence-electron chi connectivity index (χ0n) is 12.4. The van der Waals surface area contributed by atoms with Crippen molar-refractivity contribution in [2.24, 2.45) is 5.73 Å². The molecule has 20 heavy (non-hydrogen) atoms. The second-order valence-electron chi connectivity index (χ2n) is 6.35. The maximum Gasteiger partial charge on any atom is 0.0707 e. The van der Waals surface area contributed by atoms with Crippen LogP contribution in [0, 0.1) is 0 Å². The van der Waals surface area contributed by atoms with Crippen LogP contribution in [-0.2, 0) is 4.74 Å². The van der Waals surface area contributed by atoms with Crippen LogP contribution in [0.15, 0.2) is 30.3 Å². The van der Waals surface area contributed by atoms with E-state index in [1.807, 2.05) is 0 Å². The smallest absolute Gasteiger partial charge is 0.0707 e.